The van der Waals surface area contributed by atoms with Crippen LogP contribution in [-0.2, 0) is 6.54 Å². The molecule has 0 radical (unpaired) electrons. The number of aromatic nitrogens is 1. The summed E-state index contributed by atoms with van der Waals surface area (Å²) >= 11 is 0. The van der Waals surface area contributed by atoms with E-state index in [-0.39, 0.29) is 5.56 Å². The number of fused-ring (bicyclic) bond motifs is 1. The molecule has 2 aromatic rings. The fourth-order valence-corrected chi connectivity index (χ4v) is 2.89. The van der Waals surface area contributed by atoms with Crippen molar-refractivity contribution in [2.24, 2.45) is 11.3 Å². The minimum absolute atomic E-state index is 0.0191. The van der Waals surface area contributed by atoms with E-state index < -0.39 is 0 Å². The Hall–Kier alpha value is -1.61. The van der Waals surface area contributed by atoms with Gasteiger partial charge in [-0.25, -0.2) is 0 Å². The van der Waals surface area contributed by atoms with Crippen LogP contribution in [0.5, 0.6) is 0 Å². The van der Waals surface area contributed by atoms with Gasteiger partial charge < -0.3 is 10.3 Å². The second-order valence-corrected chi connectivity index (χ2v) is 6.33. The van der Waals surface area contributed by atoms with Gasteiger partial charge in [-0.05, 0) is 41.7 Å². The minimum Gasteiger partial charge on any atom is -0.322 e. The van der Waals surface area contributed by atoms with Gasteiger partial charge in [-0.2, -0.15) is 0 Å². The molecule has 0 unspecified atom stereocenters. The number of H-pyrrole nitrogens is 1. The lowest BCUT2D eigenvalue weighted by molar-refractivity contribution is 0.337. The molecule has 3 rings (SSSR count). The first-order valence-electron chi connectivity index (χ1n) is 7.42. The summed E-state index contributed by atoms with van der Waals surface area (Å²) in [4.78, 5) is 15.0. The number of pyridine rings is 1. The van der Waals surface area contributed by atoms with Crippen molar-refractivity contribution < 1.29 is 0 Å². The van der Waals surface area contributed by atoms with Gasteiger partial charge in [0.05, 0.1) is 0 Å². The molecular weight excluding hydrogens is 248 g/mol. The van der Waals surface area contributed by atoms with E-state index in [1.165, 1.54) is 12.8 Å². The van der Waals surface area contributed by atoms with E-state index in [2.05, 4.69) is 24.1 Å². The number of nitrogens with one attached hydrogen (secondary N) is 2. The second-order valence-electron chi connectivity index (χ2n) is 6.33. The van der Waals surface area contributed by atoms with Crippen LogP contribution < -0.4 is 10.9 Å². The molecule has 1 aromatic carbocycles. The molecule has 1 saturated carbocycles. The Morgan fingerprint density at radius 3 is 2.75 bits per heavy atom. The van der Waals surface area contributed by atoms with Crippen LogP contribution in [0.25, 0.3) is 10.9 Å². The molecule has 0 aliphatic heterocycles. The summed E-state index contributed by atoms with van der Waals surface area (Å²) in [5.74, 6) is 0.713. The van der Waals surface area contributed by atoms with Gasteiger partial charge in [0, 0.05) is 24.2 Å². The van der Waals surface area contributed by atoms with Crippen molar-refractivity contribution in [3.63, 3.8) is 0 Å². The summed E-state index contributed by atoms with van der Waals surface area (Å²) in [7, 11) is 0. The van der Waals surface area contributed by atoms with Crippen molar-refractivity contribution in [1.29, 1.82) is 0 Å². The number of hydrogen-bond donors (Lipinski definition) is 2. The zero-order valence-corrected chi connectivity index (χ0v) is 12.2. The van der Waals surface area contributed by atoms with Crippen molar-refractivity contribution in [3.05, 3.63) is 46.2 Å². The van der Waals surface area contributed by atoms with Gasteiger partial charge in [0.1, 0.15) is 0 Å². The standard InChI is InChI=1S/C17H22N2O/c1-12(2)17(7-8-17)11-18-10-14-9-13-5-3-4-6-15(13)19-16(14)20/h3-6,9,12,18H,7-8,10-11H2,1-2H3,(H,19,20). The number of aromatic amines is 1. The van der Waals surface area contributed by atoms with Crippen LogP contribution in [0.1, 0.15) is 32.3 Å². The third-order valence-corrected chi connectivity index (χ3v) is 4.74. The van der Waals surface area contributed by atoms with Crippen LogP contribution >= 0.6 is 0 Å². The molecule has 0 atom stereocenters. The summed E-state index contributed by atoms with van der Waals surface area (Å²) in [5, 5.41) is 4.56. The summed E-state index contributed by atoms with van der Waals surface area (Å²) in [5.41, 5.74) is 2.22. The van der Waals surface area contributed by atoms with Gasteiger partial charge >= 0.3 is 0 Å². The van der Waals surface area contributed by atoms with Crippen LogP contribution in [0.4, 0.5) is 0 Å². The van der Waals surface area contributed by atoms with E-state index >= 15 is 0 Å². The Morgan fingerprint density at radius 2 is 2.05 bits per heavy atom. The average molecular weight is 270 g/mol. The van der Waals surface area contributed by atoms with E-state index in [1.807, 2.05) is 30.3 Å². The molecule has 1 aliphatic carbocycles. The molecular formula is C17H22N2O. The smallest absolute Gasteiger partial charge is 0.252 e. The average Bonchev–Trinajstić information content (AvgIpc) is 3.20. The molecule has 1 fully saturated rings. The third-order valence-electron chi connectivity index (χ3n) is 4.74. The van der Waals surface area contributed by atoms with E-state index in [0.717, 1.165) is 23.0 Å². The largest absolute Gasteiger partial charge is 0.322 e. The second kappa shape index (κ2) is 5.06. The first kappa shape index (κ1) is 13.4. The van der Waals surface area contributed by atoms with Crippen LogP contribution in [0.15, 0.2) is 35.1 Å². The Bertz CT molecular complexity index is 668. The van der Waals surface area contributed by atoms with Gasteiger partial charge in [-0.15, -0.1) is 0 Å². The Labute approximate surface area is 119 Å². The summed E-state index contributed by atoms with van der Waals surface area (Å²) < 4.78 is 0. The molecule has 0 spiro atoms. The Morgan fingerprint density at radius 1 is 1.30 bits per heavy atom. The Balaban J connectivity index is 1.71. The Kier molecular flexibility index (Phi) is 3.38. The molecule has 1 aromatic heterocycles. The molecule has 1 aliphatic rings. The van der Waals surface area contributed by atoms with Crippen LogP contribution in [0.2, 0.25) is 0 Å². The number of para-hydroxylation sites is 1. The van der Waals surface area contributed by atoms with E-state index in [4.69, 9.17) is 0 Å². The molecule has 0 amide bonds. The maximum atomic E-state index is 12.0. The van der Waals surface area contributed by atoms with Gasteiger partial charge in [0.2, 0.25) is 0 Å². The third kappa shape index (κ3) is 2.50. The minimum atomic E-state index is 0.0191. The van der Waals surface area contributed by atoms with Crippen LogP contribution in [-0.4, -0.2) is 11.5 Å². The highest BCUT2D eigenvalue weighted by Gasteiger charge is 2.44. The normalized spacial score (nSPS) is 16.8. The highest BCUT2D eigenvalue weighted by atomic mass is 16.1. The van der Waals surface area contributed by atoms with Crippen LogP contribution in [0, 0.1) is 11.3 Å². The lowest BCUT2D eigenvalue weighted by Crippen LogP contribution is -2.29. The predicted molar refractivity (Wildman–Crippen MR) is 82.8 cm³/mol. The van der Waals surface area contributed by atoms with Gasteiger partial charge in [-0.1, -0.05) is 32.0 Å². The molecule has 0 saturated heterocycles. The summed E-state index contributed by atoms with van der Waals surface area (Å²) in [6.45, 7) is 6.24. The first-order valence-corrected chi connectivity index (χ1v) is 7.42. The number of hydrogen-bond acceptors (Lipinski definition) is 2. The molecule has 3 heteroatoms. The zero-order chi connectivity index (χ0) is 14.2. The fourth-order valence-electron chi connectivity index (χ4n) is 2.89. The summed E-state index contributed by atoms with van der Waals surface area (Å²) in [6.07, 6.45) is 2.62. The number of benzene rings is 1. The highest BCUT2D eigenvalue weighted by Crippen LogP contribution is 2.51. The fraction of sp³-hybridized carbons (Fsp3) is 0.471. The SMILES string of the molecule is CC(C)C1(CNCc2cc3ccccc3[nH]c2=O)CC1. The molecule has 0 bridgehead atoms. The maximum absolute atomic E-state index is 12.0. The van der Waals surface area contributed by atoms with Crippen molar-refractivity contribution in [2.45, 2.75) is 33.2 Å². The van der Waals surface area contributed by atoms with Gasteiger partial charge in [0.15, 0.2) is 0 Å². The maximum Gasteiger partial charge on any atom is 0.252 e. The van der Waals surface area contributed by atoms with E-state index in [1.54, 1.807) is 0 Å². The van der Waals surface area contributed by atoms with Crippen molar-refractivity contribution in [1.82, 2.24) is 10.3 Å². The topological polar surface area (TPSA) is 44.9 Å². The van der Waals surface area contributed by atoms with Gasteiger partial charge in [-0.3, -0.25) is 4.79 Å². The van der Waals surface area contributed by atoms with Crippen molar-refractivity contribution >= 4 is 10.9 Å². The molecule has 1 heterocycles. The zero-order valence-electron chi connectivity index (χ0n) is 12.2. The molecule has 20 heavy (non-hydrogen) atoms. The quantitative estimate of drug-likeness (QED) is 0.877. The van der Waals surface area contributed by atoms with Crippen molar-refractivity contribution in [3.8, 4) is 0 Å². The van der Waals surface area contributed by atoms with E-state index in [0.29, 0.717) is 17.9 Å². The first-order chi connectivity index (χ1) is 9.61. The molecule has 106 valence electrons. The lowest BCUT2D eigenvalue weighted by Gasteiger charge is -2.20. The highest BCUT2D eigenvalue weighted by molar-refractivity contribution is 5.78. The lowest BCUT2D eigenvalue weighted by atomic mass is 9.92. The van der Waals surface area contributed by atoms with Gasteiger partial charge in [0.25, 0.3) is 5.56 Å². The van der Waals surface area contributed by atoms with Crippen LogP contribution in [0.3, 0.4) is 0 Å². The molecule has 3 nitrogen and oxygen atoms in total. The summed E-state index contributed by atoms with van der Waals surface area (Å²) in [6, 6.07) is 9.90. The number of rotatable bonds is 5. The predicted octanol–water partition coefficient (Wildman–Crippen LogP) is 3.05. The molecule has 2 N–H and O–H groups in total. The van der Waals surface area contributed by atoms with Crippen molar-refractivity contribution in [2.75, 3.05) is 6.54 Å². The van der Waals surface area contributed by atoms with E-state index in [9.17, 15) is 4.79 Å². The monoisotopic (exact) mass is 270 g/mol.